The van der Waals surface area contributed by atoms with Crippen molar-refractivity contribution in [2.75, 3.05) is 6.26 Å². The zero-order valence-corrected chi connectivity index (χ0v) is 7.37. The van der Waals surface area contributed by atoms with Crippen LogP contribution in [0.4, 0.5) is 0 Å². The highest BCUT2D eigenvalue weighted by Crippen LogP contribution is 2.06. The second-order valence-corrected chi connectivity index (χ2v) is 4.43. The summed E-state index contributed by atoms with van der Waals surface area (Å²) in [6.45, 7) is -0.177. The standard InChI is InChI=1S/C7H9NO3S/c1-12(10,11)7-3-2-6(5-9)8-4-7/h2-4,9H,5H2,1H3. The molecule has 66 valence electrons. The Balaban J connectivity index is 3.09. The number of rotatable bonds is 2. The molecule has 0 saturated heterocycles. The monoisotopic (exact) mass is 187 g/mol. The first-order valence-electron chi connectivity index (χ1n) is 3.30. The first-order valence-corrected chi connectivity index (χ1v) is 5.19. The van der Waals surface area contributed by atoms with E-state index in [1.807, 2.05) is 0 Å². The van der Waals surface area contributed by atoms with Crippen molar-refractivity contribution in [3.8, 4) is 0 Å². The third kappa shape index (κ3) is 2.02. The van der Waals surface area contributed by atoms with Crippen molar-refractivity contribution in [3.63, 3.8) is 0 Å². The molecule has 0 unspecified atom stereocenters. The second kappa shape index (κ2) is 3.20. The molecule has 0 radical (unpaired) electrons. The minimum atomic E-state index is -3.17. The number of sulfone groups is 1. The lowest BCUT2D eigenvalue weighted by Crippen LogP contribution is -1.98. The Kier molecular flexibility index (Phi) is 2.44. The zero-order valence-electron chi connectivity index (χ0n) is 6.56. The maximum atomic E-state index is 10.9. The minimum Gasteiger partial charge on any atom is -0.390 e. The number of aliphatic hydroxyl groups is 1. The average molecular weight is 187 g/mol. The van der Waals surface area contributed by atoms with Gasteiger partial charge in [-0.2, -0.15) is 0 Å². The van der Waals surface area contributed by atoms with Crippen LogP contribution in [0.15, 0.2) is 23.2 Å². The smallest absolute Gasteiger partial charge is 0.177 e. The molecular weight excluding hydrogens is 178 g/mol. The summed E-state index contributed by atoms with van der Waals surface area (Å²) in [5.41, 5.74) is 0.461. The van der Waals surface area contributed by atoms with Gasteiger partial charge in [-0.1, -0.05) is 0 Å². The summed E-state index contributed by atoms with van der Waals surface area (Å²) >= 11 is 0. The van der Waals surface area contributed by atoms with Crippen molar-refractivity contribution in [1.82, 2.24) is 4.98 Å². The molecule has 0 aliphatic rings. The van der Waals surface area contributed by atoms with Crippen LogP contribution in [-0.4, -0.2) is 24.8 Å². The molecule has 0 fully saturated rings. The Hall–Kier alpha value is -0.940. The lowest BCUT2D eigenvalue weighted by molar-refractivity contribution is 0.276. The Morgan fingerprint density at radius 2 is 2.17 bits per heavy atom. The van der Waals surface area contributed by atoms with Gasteiger partial charge in [0, 0.05) is 12.5 Å². The molecule has 0 aliphatic heterocycles. The summed E-state index contributed by atoms with van der Waals surface area (Å²) < 4.78 is 21.9. The quantitative estimate of drug-likeness (QED) is 0.706. The number of pyridine rings is 1. The van der Waals surface area contributed by atoms with Crippen LogP contribution in [0.1, 0.15) is 5.69 Å². The molecule has 1 aromatic rings. The van der Waals surface area contributed by atoms with E-state index in [0.717, 1.165) is 6.26 Å². The van der Waals surface area contributed by atoms with E-state index in [1.165, 1.54) is 18.3 Å². The van der Waals surface area contributed by atoms with Gasteiger partial charge in [-0.3, -0.25) is 4.98 Å². The van der Waals surface area contributed by atoms with Gasteiger partial charge in [0.1, 0.15) is 0 Å². The molecule has 0 amide bonds. The fourth-order valence-corrected chi connectivity index (χ4v) is 1.28. The van der Waals surface area contributed by atoms with Gasteiger partial charge in [0.05, 0.1) is 17.2 Å². The van der Waals surface area contributed by atoms with Crippen molar-refractivity contribution in [2.24, 2.45) is 0 Å². The SMILES string of the molecule is CS(=O)(=O)c1ccc(CO)nc1. The molecular formula is C7H9NO3S. The van der Waals surface area contributed by atoms with Crippen LogP contribution in [0.2, 0.25) is 0 Å². The van der Waals surface area contributed by atoms with Gasteiger partial charge >= 0.3 is 0 Å². The molecule has 1 heterocycles. The Morgan fingerprint density at radius 3 is 2.50 bits per heavy atom. The van der Waals surface area contributed by atoms with Gasteiger partial charge in [0.15, 0.2) is 9.84 Å². The van der Waals surface area contributed by atoms with Crippen molar-refractivity contribution in [3.05, 3.63) is 24.0 Å². The van der Waals surface area contributed by atoms with Crippen molar-refractivity contribution < 1.29 is 13.5 Å². The highest BCUT2D eigenvalue weighted by Gasteiger charge is 2.06. The van der Waals surface area contributed by atoms with Gasteiger partial charge < -0.3 is 5.11 Å². The molecule has 0 atom stereocenters. The highest BCUT2D eigenvalue weighted by molar-refractivity contribution is 7.90. The Labute approximate surface area is 70.8 Å². The van der Waals surface area contributed by atoms with Gasteiger partial charge in [0.25, 0.3) is 0 Å². The summed E-state index contributed by atoms with van der Waals surface area (Å²) in [5.74, 6) is 0. The van der Waals surface area contributed by atoms with E-state index in [4.69, 9.17) is 5.11 Å². The van der Waals surface area contributed by atoms with E-state index in [9.17, 15) is 8.42 Å². The number of hydrogen-bond acceptors (Lipinski definition) is 4. The molecule has 1 aromatic heterocycles. The van der Waals surface area contributed by atoms with Gasteiger partial charge in [-0.15, -0.1) is 0 Å². The normalized spacial score (nSPS) is 11.5. The second-order valence-electron chi connectivity index (χ2n) is 2.42. The molecule has 4 nitrogen and oxygen atoms in total. The van der Waals surface area contributed by atoms with E-state index in [-0.39, 0.29) is 11.5 Å². The molecule has 0 saturated carbocycles. The third-order valence-corrected chi connectivity index (χ3v) is 2.49. The lowest BCUT2D eigenvalue weighted by Gasteiger charge is -1.97. The molecule has 5 heteroatoms. The van der Waals surface area contributed by atoms with Gasteiger partial charge in [-0.25, -0.2) is 8.42 Å². The first-order chi connectivity index (χ1) is 5.54. The Bertz CT molecular complexity index is 355. The fourth-order valence-electron chi connectivity index (χ4n) is 0.724. The van der Waals surface area contributed by atoms with Crippen LogP contribution in [0.5, 0.6) is 0 Å². The average Bonchev–Trinajstić information content (AvgIpc) is 2.03. The van der Waals surface area contributed by atoms with E-state index < -0.39 is 9.84 Å². The predicted octanol–water partition coefficient (Wildman–Crippen LogP) is -0.0226. The van der Waals surface area contributed by atoms with Crippen LogP contribution in [0.3, 0.4) is 0 Å². The van der Waals surface area contributed by atoms with E-state index >= 15 is 0 Å². The largest absolute Gasteiger partial charge is 0.390 e. The van der Waals surface area contributed by atoms with Crippen molar-refractivity contribution in [2.45, 2.75) is 11.5 Å². The molecule has 12 heavy (non-hydrogen) atoms. The van der Waals surface area contributed by atoms with Gasteiger partial charge in [-0.05, 0) is 12.1 Å². The van der Waals surface area contributed by atoms with E-state index in [1.54, 1.807) is 0 Å². The molecule has 0 spiro atoms. The minimum absolute atomic E-state index is 0.166. The Morgan fingerprint density at radius 1 is 1.50 bits per heavy atom. The van der Waals surface area contributed by atoms with E-state index in [0.29, 0.717) is 5.69 Å². The molecule has 1 rings (SSSR count). The number of aromatic nitrogens is 1. The van der Waals surface area contributed by atoms with Crippen LogP contribution in [0, 0.1) is 0 Å². The van der Waals surface area contributed by atoms with Crippen LogP contribution in [0.25, 0.3) is 0 Å². The lowest BCUT2D eigenvalue weighted by atomic mass is 10.4. The van der Waals surface area contributed by atoms with Crippen LogP contribution >= 0.6 is 0 Å². The summed E-state index contributed by atoms with van der Waals surface area (Å²) in [4.78, 5) is 3.90. The van der Waals surface area contributed by atoms with E-state index in [2.05, 4.69) is 4.98 Å². The zero-order chi connectivity index (χ0) is 9.19. The van der Waals surface area contributed by atoms with Crippen LogP contribution < -0.4 is 0 Å². The highest BCUT2D eigenvalue weighted by atomic mass is 32.2. The summed E-state index contributed by atoms with van der Waals surface area (Å²) in [6, 6.07) is 2.91. The number of nitrogens with zero attached hydrogens (tertiary/aromatic N) is 1. The molecule has 0 aliphatic carbocycles. The fraction of sp³-hybridized carbons (Fsp3) is 0.286. The van der Waals surface area contributed by atoms with Crippen molar-refractivity contribution in [1.29, 1.82) is 0 Å². The third-order valence-electron chi connectivity index (χ3n) is 1.39. The maximum absolute atomic E-state index is 10.9. The predicted molar refractivity (Wildman–Crippen MR) is 43.3 cm³/mol. The summed E-state index contributed by atoms with van der Waals surface area (Å²) in [7, 11) is -3.17. The molecule has 0 bridgehead atoms. The number of aliphatic hydroxyl groups excluding tert-OH is 1. The molecule has 1 N–H and O–H groups in total. The summed E-state index contributed by atoms with van der Waals surface area (Å²) in [6.07, 6.45) is 2.35. The molecule has 0 aromatic carbocycles. The topological polar surface area (TPSA) is 67.3 Å². The van der Waals surface area contributed by atoms with Crippen molar-refractivity contribution >= 4 is 9.84 Å². The summed E-state index contributed by atoms with van der Waals surface area (Å²) in [5, 5.41) is 8.62. The maximum Gasteiger partial charge on any atom is 0.177 e. The number of hydrogen-bond donors (Lipinski definition) is 1. The van der Waals surface area contributed by atoms with Gasteiger partial charge in [0.2, 0.25) is 0 Å². The van der Waals surface area contributed by atoms with Crippen LogP contribution in [-0.2, 0) is 16.4 Å². The first kappa shape index (κ1) is 9.15.